The van der Waals surface area contributed by atoms with E-state index in [2.05, 4.69) is 4.74 Å². The highest BCUT2D eigenvalue weighted by Gasteiger charge is 2.15. The molecule has 0 saturated heterocycles. The predicted octanol–water partition coefficient (Wildman–Crippen LogP) is -1.16. The molecule has 0 heterocycles. The van der Waals surface area contributed by atoms with Crippen molar-refractivity contribution in [2.24, 2.45) is 0 Å². The van der Waals surface area contributed by atoms with Crippen molar-refractivity contribution in [2.75, 3.05) is 0 Å². The first-order valence-electron chi connectivity index (χ1n) is 2.29. The van der Waals surface area contributed by atoms with E-state index in [1.807, 2.05) is 0 Å². The molecule has 0 atom stereocenters. The molecular weight excluding hydrogens is 140 g/mol. The van der Waals surface area contributed by atoms with Gasteiger partial charge >= 0.3 is 17.7 Å². The van der Waals surface area contributed by atoms with Gasteiger partial charge in [-0.2, -0.15) is 0 Å². The Morgan fingerprint density at radius 1 is 1.30 bits per heavy atom. The van der Waals surface area contributed by atoms with Crippen LogP contribution in [0.25, 0.3) is 0 Å². The minimum Gasteiger partial charge on any atom is -0.387 e. The Kier molecular flexibility index (Phi) is 2.96. The molecular formula is C5H4O5. The zero-order valence-corrected chi connectivity index (χ0v) is 5.12. The van der Waals surface area contributed by atoms with Gasteiger partial charge in [0.1, 0.15) is 0 Å². The third-order valence-corrected chi connectivity index (χ3v) is 0.545. The summed E-state index contributed by atoms with van der Waals surface area (Å²) >= 11 is 0. The summed E-state index contributed by atoms with van der Waals surface area (Å²) < 4.78 is 3.74. The predicted molar refractivity (Wildman–Crippen MR) is 27.8 cm³/mol. The monoisotopic (exact) mass is 144 g/mol. The van der Waals surface area contributed by atoms with E-state index in [1.54, 1.807) is 0 Å². The van der Waals surface area contributed by atoms with Crippen LogP contribution in [0.5, 0.6) is 0 Å². The van der Waals surface area contributed by atoms with Gasteiger partial charge in [0, 0.05) is 6.92 Å². The van der Waals surface area contributed by atoms with E-state index < -0.39 is 17.7 Å². The number of hydrogen-bond acceptors (Lipinski definition) is 5. The number of ether oxygens (including phenoxy) is 1. The average Bonchev–Trinajstić information content (AvgIpc) is 1.85. The Balaban J connectivity index is 3.98. The van der Waals surface area contributed by atoms with E-state index in [0.717, 1.165) is 6.92 Å². The number of esters is 2. The van der Waals surface area contributed by atoms with E-state index >= 15 is 0 Å². The molecule has 0 aliphatic rings. The molecule has 0 saturated carbocycles. The highest BCUT2D eigenvalue weighted by Crippen LogP contribution is 1.78. The van der Waals surface area contributed by atoms with Crippen LogP contribution in [0.4, 0.5) is 0 Å². The minimum atomic E-state index is -1.44. The summed E-state index contributed by atoms with van der Waals surface area (Å²) in [5, 5.41) is 0. The summed E-state index contributed by atoms with van der Waals surface area (Å²) in [4.78, 5) is 39.7. The van der Waals surface area contributed by atoms with Crippen molar-refractivity contribution in [3.63, 3.8) is 0 Å². The average molecular weight is 144 g/mol. The second kappa shape index (κ2) is 3.49. The van der Waals surface area contributed by atoms with Gasteiger partial charge in [-0.05, 0) is 0 Å². The number of hydrogen-bond donors (Lipinski definition) is 0. The standard InChI is InChI=1S/C5H4O5/c1-3(7)10-5(9)4(8)2-6/h2H,1H3. The van der Waals surface area contributed by atoms with Crippen molar-refractivity contribution >= 4 is 24.0 Å². The van der Waals surface area contributed by atoms with Crippen LogP contribution in [0.15, 0.2) is 0 Å². The topological polar surface area (TPSA) is 77.5 Å². The van der Waals surface area contributed by atoms with Gasteiger partial charge in [0.25, 0.3) is 0 Å². The van der Waals surface area contributed by atoms with Gasteiger partial charge in [0.15, 0.2) is 6.29 Å². The first-order valence-corrected chi connectivity index (χ1v) is 2.29. The number of ketones is 1. The number of aldehydes is 1. The number of carbonyl (C=O) groups excluding carboxylic acids is 4. The van der Waals surface area contributed by atoms with E-state index in [1.165, 1.54) is 0 Å². The number of rotatable bonds is 2. The molecule has 5 heteroatoms. The van der Waals surface area contributed by atoms with Crippen LogP contribution in [0.1, 0.15) is 6.92 Å². The quantitative estimate of drug-likeness (QED) is 0.211. The maximum Gasteiger partial charge on any atom is 0.390 e. The Bertz CT molecular complexity index is 192. The third kappa shape index (κ3) is 2.71. The van der Waals surface area contributed by atoms with Gasteiger partial charge < -0.3 is 4.74 Å². The summed E-state index contributed by atoms with van der Waals surface area (Å²) in [6.45, 7) is 0.954. The van der Waals surface area contributed by atoms with Gasteiger partial charge in [0.05, 0.1) is 0 Å². The molecule has 0 unspecified atom stereocenters. The second-order valence-electron chi connectivity index (χ2n) is 1.36. The Morgan fingerprint density at radius 2 is 1.80 bits per heavy atom. The highest BCUT2D eigenvalue weighted by atomic mass is 16.6. The molecule has 0 fully saturated rings. The SMILES string of the molecule is CC(=O)OC(=O)C(=O)C=O. The molecule has 0 bridgehead atoms. The second-order valence-corrected chi connectivity index (χ2v) is 1.36. The maximum atomic E-state index is 10.2. The summed E-state index contributed by atoms with van der Waals surface area (Å²) in [7, 11) is 0. The van der Waals surface area contributed by atoms with Crippen molar-refractivity contribution in [1.82, 2.24) is 0 Å². The molecule has 0 aliphatic carbocycles. The molecule has 10 heavy (non-hydrogen) atoms. The molecule has 0 radical (unpaired) electrons. The minimum absolute atomic E-state index is 0.217. The van der Waals surface area contributed by atoms with Crippen LogP contribution in [0.2, 0.25) is 0 Å². The fourth-order valence-corrected chi connectivity index (χ4v) is 0.229. The van der Waals surface area contributed by atoms with Gasteiger partial charge in [-0.15, -0.1) is 0 Å². The zero-order valence-electron chi connectivity index (χ0n) is 5.12. The fourth-order valence-electron chi connectivity index (χ4n) is 0.229. The molecule has 0 amide bonds. The van der Waals surface area contributed by atoms with Crippen molar-refractivity contribution < 1.29 is 23.9 Å². The highest BCUT2D eigenvalue weighted by molar-refractivity contribution is 6.56. The van der Waals surface area contributed by atoms with Gasteiger partial charge in [-0.25, -0.2) is 4.79 Å². The number of carbonyl (C=O) groups is 4. The van der Waals surface area contributed by atoms with Crippen LogP contribution in [-0.2, 0) is 23.9 Å². The van der Waals surface area contributed by atoms with Crippen molar-refractivity contribution in [1.29, 1.82) is 0 Å². The summed E-state index contributed by atoms with van der Waals surface area (Å²) in [6, 6.07) is 0. The normalized spacial score (nSPS) is 8.10. The molecule has 0 aromatic carbocycles. The Labute approximate surface area is 56.0 Å². The van der Waals surface area contributed by atoms with Crippen LogP contribution >= 0.6 is 0 Å². The van der Waals surface area contributed by atoms with E-state index in [-0.39, 0.29) is 6.29 Å². The first kappa shape index (κ1) is 8.48. The maximum absolute atomic E-state index is 10.2. The lowest BCUT2D eigenvalue weighted by atomic mass is 10.4. The molecule has 0 N–H and O–H groups in total. The molecule has 0 spiro atoms. The fraction of sp³-hybridized carbons (Fsp3) is 0.200. The molecule has 0 aromatic heterocycles. The van der Waals surface area contributed by atoms with E-state index in [0.29, 0.717) is 0 Å². The molecule has 0 aromatic rings. The van der Waals surface area contributed by atoms with Gasteiger partial charge in [-0.3, -0.25) is 14.4 Å². The van der Waals surface area contributed by atoms with Crippen molar-refractivity contribution in [3.05, 3.63) is 0 Å². The Hall–Kier alpha value is -1.52. The molecule has 54 valence electrons. The van der Waals surface area contributed by atoms with Crippen LogP contribution < -0.4 is 0 Å². The van der Waals surface area contributed by atoms with Gasteiger partial charge in [-0.1, -0.05) is 0 Å². The smallest absolute Gasteiger partial charge is 0.387 e. The summed E-state index contributed by atoms with van der Waals surface area (Å²) in [5.74, 6) is -3.72. The number of Topliss-reactive ketones (excluding diaryl/α,β-unsaturated/α-hetero) is 1. The van der Waals surface area contributed by atoms with Crippen LogP contribution in [0.3, 0.4) is 0 Å². The zero-order chi connectivity index (χ0) is 8.15. The van der Waals surface area contributed by atoms with Gasteiger partial charge in [0.2, 0.25) is 0 Å². The summed E-state index contributed by atoms with van der Waals surface area (Å²) in [6.07, 6.45) is -0.217. The molecule has 0 rings (SSSR count). The summed E-state index contributed by atoms with van der Waals surface area (Å²) in [5.41, 5.74) is 0. The first-order chi connectivity index (χ1) is 4.57. The Morgan fingerprint density at radius 3 is 2.10 bits per heavy atom. The van der Waals surface area contributed by atoms with Crippen molar-refractivity contribution in [2.45, 2.75) is 6.92 Å². The largest absolute Gasteiger partial charge is 0.390 e. The molecule has 5 nitrogen and oxygen atoms in total. The third-order valence-electron chi connectivity index (χ3n) is 0.545. The lowest BCUT2D eigenvalue weighted by molar-refractivity contribution is -0.163. The van der Waals surface area contributed by atoms with Crippen LogP contribution in [0, 0.1) is 0 Å². The van der Waals surface area contributed by atoms with Crippen LogP contribution in [-0.4, -0.2) is 24.0 Å². The molecule has 0 aliphatic heterocycles. The van der Waals surface area contributed by atoms with E-state index in [4.69, 9.17) is 0 Å². The van der Waals surface area contributed by atoms with Crippen molar-refractivity contribution in [3.8, 4) is 0 Å². The lowest BCUT2D eigenvalue weighted by Crippen LogP contribution is -2.20. The lowest BCUT2D eigenvalue weighted by Gasteiger charge is -1.90. The van der Waals surface area contributed by atoms with E-state index in [9.17, 15) is 19.2 Å².